The second-order valence-electron chi connectivity index (χ2n) is 6.72. The van der Waals surface area contributed by atoms with Crippen molar-refractivity contribution in [3.8, 4) is 11.5 Å². The predicted molar refractivity (Wildman–Crippen MR) is 84.9 cm³/mol. The van der Waals surface area contributed by atoms with Gasteiger partial charge in [0.2, 0.25) is 0 Å². The summed E-state index contributed by atoms with van der Waals surface area (Å²) in [5.41, 5.74) is 0.458. The van der Waals surface area contributed by atoms with Gasteiger partial charge in [0.15, 0.2) is 11.5 Å². The Kier molecular flexibility index (Phi) is 4.39. The highest BCUT2D eigenvalue weighted by molar-refractivity contribution is 5.39. The Balaban J connectivity index is 1.60. The molecule has 0 radical (unpaired) electrons. The van der Waals surface area contributed by atoms with E-state index in [4.69, 9.17) is 9.47 Å². The molecule has 21 heavy (non-hydrogen) atoms. The van der Waals surface area contributed by atoms with Crippen LogP contribution < -0.4 is 14.8 Å². The first-order valence-electron chi connectivity index (χ1n) is 8.18. The Hall–Kier alpha value is -1.22. The number of methoxy groups -OCH3 is 1. The van der Waals surface area contributed by atoms with E-state index in [2.05, 4.69) is 12.4 Å². The lowest BCUT2D eigenvalue weighted by Crippen LogP contribution is -2.38. The third-order valence-electron chi connectivity index (χ3n) is 5.56. The number of hydrogen-bond acceptors (Lipinski definition) is 3. The number of fused-ring (bicyclic) bond motifs is 2. The third-order valence-corrected chi connectivity index (χ3v) is 5.56. The van der Waals surface area contributed by atoms with Crippen LogP contribution in [0.3, 0.4) is 0 Å². The Morgan fingerprint density at radius 2 is 2.05 bits per heavy atom. The maximum absolute atomic E-state index is 6.02. The van der Waals surface area contributed by atoms with E-state index in [1.54, 1.807) is 7.11 Å². The summed E-state index contributed by atoms with van der Waals surface area (Å²) >= 11 is 0. The maximum atomic E-state index is 6.02. The van der Waals surface area contributed by atoms with Crippen LogP contribution in [0.4, 0.5) is 0 Å². The van der Waals surface area contributed by atoms with Crippen LogP contribution >= 0.6 is 0 Å². The molecule has 0 aliphatic heterocycles. The second kappa shape index (κ2) is 6.27. The van der Waals surface area contributed by atoms with Gasteiger partial charge in [0, 0.05) is 6.54 Å². The average molecular weight is 289 g/mol. The molecule has 2 aliphatic rings. The summed E-state index contributed by atoms with van der Waals surface area (Å²) in [6.45, 7) is 1.91. The largest absolute Gasteiger partial charge is 0.493 e. The first kappa shape index (κ1) is 14.7. The Morgan fingerprint density at radius 3 is 2.67 bits per heavy atom. The number of rotatable bonds is 7. The summed E-state index contributed by atoms with van der Waals surface area (Å²) in [4.78, 5) is 0. The van der Waals surface area contributed by atoms with E-state index in [-0.39, 0.29) is 0 Å². The van der Waals surface area contributed by atoms with Crippen LogP contribution in [0.2, 0.25) is 0 Å². The molecule has 1 aromatic carbocycles. The molecule has 0 amide bonds. The van der Waals surface area contributed by atoms with Gasteiger partial charge in [-0.3, -0.25) is 0 Å². The molecular weight excluding hydrogens is 262 g/mol. The number of para-hydroxylation sites is 2. The molecule has 116 valence electrons. The second-order valence-corrected chi connectivity index (χ2v) is 6.72. The van der Waals surface area contributed by atoms with E-state index in [0.717, 1.165) is 42.9 Å². The number of ether oxygens (including phenoxy) is 2. The Bertz CT molecular complexity index is 476. The fraction of sp³-hybridized carbons (Fsp3) is 0.667. The predicted octanol–water partition coefficient (Wildman–Crippen LogP) is 3.49. The topological polar surface area (TPSA) is 30.5 Å². The molecule has 3 unspecified atom stereocenters. The van der Waals surface area contributed by atoms with Crippen molar-refractivity contribution in [1.29, 1.82) is 0 Å². The quantitative estimate of drug-likeness (QED) is 0.833. The van der Waals surface area contributed by atoms with E-state index < -0.39 is 0 Å². The van der Waals surface area contributed by atoms with Crippen LogP contribution in [0.5, 0.6) is 11.5 Å². The number of hydrogen-bond donors (Lipinski definition) is 1. The number of nitrogens with one attached hydrogen (secondary N) is 1. The molecule has 2 bridgehead atoms. The van der Waals surface area contributed by atoms with E-state index in [9.17, 15) is 0 Å². The van der Waals surface area contributed by atoms with Crippen molar-refractivity contribution in [2.45, 2.75) is 32.1 Å². The van der Waals surface area contributed by atoms with Gasteiger partial charge >= 0.3 is 0 Å². The summed E-state index contributed by atoms with van der Waals surface area (Å²) in [5.74, 6) is 3.56. The molecule has 0 heterocycles. The van der Waals surface area contributed by atoms with Crippen molar-refractivity contribution < 1.29 is 9.47 Å². The van der Waals surface area contributed by atoms with Gasteiger partial charge in [-0.25, -0.2) is 0 Å². The maximum Gasteiger partial charge on any atom is 0.161 e. The zero-order chi connectivity index (χ0) is 14.7. The van der Waals surface area contributed by atoms with Crippen molar-refractivity contribution in [3.05, 3.63) is 24.3 Å². The van der Waals surface area contributed by atoms with Crippen LogP contribution in [0, 0.1) is 17.3 Å². The minimum Gasteiger partial charge on any atom is -0.493 e. The van der Waals surface area contributed by atoms with Gasteiger partial charge in [-0.1, -0.05) is 18.6 Å². The lowest BCUT2D eigenvalue weighted by atomic mass is 9.71. The van der Waals surface area contributed by atoms with E-state index in [1.165, 1.54) is 25.7 Å². The molecule has 2 aliphatic carbocycles. The van der Waals surface area contributed by atoms with Crippen LogP contribution in [-0.2, 0) is 0 Å². The zero-order valence-corrected chi connectivity index (χ0v) is 13.2. The molecular formula is C18H27NO2. The monoisotopic (exact) mass is 289 g/mol. The van der Waals surface area contributed by atoms with E-state index in [1.807, 2.05) is 24.3 Å². The highest BCUT2D eigenvalue weighted by Crippen LogP contribution is 2.57. The highest BCUT2D eigenvalue weighted by Gasteiger charge is 2.49. The molecule has 2 fully saturated rings. The van der Waals surface area contributed by atoms with E-state index >= 15 is 0 Å². The van der Waals surface area contributed by atoms with Gasteiger partial charge < -0.3 is 14.8 Å². The lowest BCUT2D eigenvalue weighted by molar-refractivity contribution is 0.116. The highest BCUT2D eigenvalue weighted by atomic mass is 16.5. The van der Waals surface area contributed by atoms with Gasteiger partial charge in [-0.05, 0) is 62.1 Å². The fourth-order valence-electron chi connectivity index (χ4n) is 4.62. The summed E-state index contributed by atoms with van der Waals surface area (Å²) in [6.07, 6.45) is 6.84. The van der Waals surface area contributed by atoms with Crippen molar-refractivity contribution in [1.82, 2.24) is 5.32 Å². The van der Waals surface area contributed by atoms with Crippen LogP contribution in [0.1, 0.15) is 32.1 Å². The van der Waals surface area contributed by atoms with E-state index in [0.29, 0.717) is 5.41 Å². The lowest BCUT2D eigenvalue weighted by Gasteiger charge is -2.38. The van der Waals surface area contributed by atoms with Crippen LogP contribution in [0.15, 0.2) is 24.3 Å². The van der Waals surface area contributed by atoms with Gasteiger partial charge in [-0.15, -0.1) is 0 Å². The molecule has 0 spiro atoms. The van der Waals surface area contributed by atoms with Crippen molar-refractivity contribution in [3.63, 3.8) is 0 Å². The summed E-state index contributed by atoms with van der Waals surface area (Å²) in [6, 6.07) is 7.92. The zero-order valence-electron chi connectivity index (χ0n) is 13.2. The smallest absolute Gasteiger partial charge is 0.161 e. The van der Waals surface area contributed by atoms with Crippen LogP contribution in [0.25, 0.3) is 0 Å². The van der Waals surface area contributed by atoms with Gasteiger partial charge in [0.25, 0.3) is 0 Å². The molecule has 3 rings (SSSR count). The van der Waals surface area contributed by atoms with Crippen LogP contribution in [-0.4, -0.2) is 27.3 Å². The fourth-order valence-corrected chi connectivity index (χ4v) is 4.62. The molecule has 0 aromatic heterocycles. The molecule has 1 aromatic rings. The summed E-state index contributed by atoms with van der Waals surface area (Å²) in [5, 5.41) is 3.43. The first-order valence-corrected chi connectivity index (χ1v) is 8.18. The molecule has 3 atom stereocenters. The molecule has 3 nitrogen and oxygen atoms in total. The summed E-state index contributed by atoms with van der Waals surface area (Å²) < 4.78 is 11.4. The van der Waals surface area contributed by atoms with Crippen molar-refractivity contribution in [2.75, 3.05) is 27.3 Å². The molecule has 3 heteroatoms. The molecule has 1 N–H and O–H groups in total. The van der Waals surface area contributed by atoms with Gasteiger partial charge in [-0.2, -0.15) is 0 Å². The average Bonchev–Trinajstić information content (AvgIpc) is 3.09. The van der Waals surface area contributed by atoms with Crippen molar-refractivity contribution in [2.24, 2.45) is 17.3 Å². The van der Waals surface area contributed by atoms with Gasteiger partial charge in [0.05, 0.1) is 13.7 Å². The normalized spacial score (nSPS) is 30.6. The third kappa shape index (κ3) is 2.89. The van der Waals surface area contributed by atoms with Crippen molar-refractivity contribution >= 4 is 0 Å². The Labute approximate surface area is 128 Å². The summed E-state index contributed by atoms with van der Waals surface area (Å²) in [7, 11) is 3.77. The minimum absolute atomic E-state index is 0.458. The minimum atomic E-state index is 0.458. The Morgan fingerprint density at radius 1 is 1.24 bits per heavy atom. The molecule has 2 saturated carbocycles. The van der Waals surface area contributed by atoms with Gasteiger partial charge in [0.1, 0.15) is 0 Å². The first-order chi connectivity index (χ1) is 10.3. The molecule has 0 saturated heterocycles. The number of benzene rings is 1. The SMILES string of the molecule is CNCC1(CCOc2ccccc2OC)CC2CCC1C2. The standard InChI is InChI=1S/C18H27NO2/c1-19-13-18(12-14-7-8-15(18)11-14)9-10-21-17-6-4-3-5-16(17)20-2/h3-6,14-15,19H,7-13H2,1-2H3.